The summed E-state index contributed by atoms with van der Waals surface area (Å²) < 4.78 is 39.9. The van der Waals surface area contributed by atoms with Crippen LogP contribution in [0, 0.1) is 0 Å². The third-order valence-corrected chi connectivity index (χ3v) is 1.99. The van der Waals surface area contributed by atoms with Crippen molar-refractivity contribution in [1.82, 2.24) is 0 Å². The van der Waals surface area contributed by atoms with Crippen molar-refractivity contribution >= 4 is 5.97 Å². The molecule has 0 aromatic rings. The van der Waals surface area contributed by atoms with Crippen LogP contribution in [0.3, 0.4) is 0 Å². The van der Waals surface area contributed by atoms with E-state index >= 15 is 0 Å². The number of ether oxygens (including phenoxy) is 3. The fraction of sp³-hybridized carbons (Fsp3) is 0.700. The van der Waals surface area contributed by atoms with Gasteiger partial charge in [0, 0.05) is 5.57 Å². The Morgan fingerprint density at radius 1 is 1.44 bits per heavy atom. The number of hydrogen-bond donors (Lipinski definition) is 0. The molecule has 0 amide bonds. The molecule has 1 aliphatic rings. The molecule has 1 fully saturated rings. The van der Waals surface area contributed by atoms with Crippen molar-refractivity contribution in [2.24, 2.45) is 0 Å². The molecule has 0 N–H and O–H groups in total. The minimum atomic E-state index is -2.99. The molecular formula is C10H14F2O4. The first-order valence-electron chi connectivity index (χ1n) is 4.72. The van der Waals surface area contributed by atoms with Crippen LogP contribution in [0.5, 0.6) is 0 Å². The van der Waals surface area contributed by atoms with Crippen LogP contribution in [-0.2, 0) is 19.0 Å². The number of hydrogen-bond acceptors (Lipinski definition) is 4. The van der Waals surface area contributed by atoms with Gasteiger partial charge in [-0.15, -0.1) is 0 Å². The molecule has 0 unspecified atom stereocenters. The summed E-state index contributed by atoms with van der Waals surface area (Å²) in [5, 5.41) is 0. The van der Waals surface area contributed by atoms with E-state index in [1.54, 1.807) is 0 Å². The number of esters is 1. The monoisotopic (exact) mass is 236 g/mol. The van der Waals surface area contributed by atoms with E-state index in [4.69, 9.17) is 14.2 Å². The molecule has 1 heterocycles. The first kappa shape index (κ1) is 13.1. The zero-order valence-corrected chi connectivity index (χ0v) is 9.22. The van der Waals surface area contributed by atoms with Gasteiger partial charge in [0.25, 0.3) is 5.92 Å². The third kappa shape index (κ3) is 3.53. The maximum atomic E-state index is 12.7. The molecule has 16 heavy (non-hydrogen) atoms. The zero-order chi connectivity index (χ0) is 12.4. The molecule has 0 aromatic carbocycles. The van der Waals surface area contributed by atoms with E-state index in [9.17, 15) is 13.6 Å². The van der Waals surface area contributed by atoms with Crippen LogP contribution in [0.4, 0.5) is 8.78 Å². The Hall–Kier alpha value is -1.01. The SMILES string of the molecule is C=C(C)C(=O)OCC1(C)OCC(F)(F)CO1. The Labute approximate surface area is 92.2 Å². The molecule has 0 atom stereocenters. The lowest BCUT2D eigenvalue weighted by molar-refractivity contribution is -0.330. The summed E-state index contributed by atoms with van der Waals surface area (Å²) in [5.74, 6) is -4.91. The fourth-order valence-corrected chi connectivity index (χ4v) is 1.00. The number of halogens is 2. The molecule has 92 valence electrons. The van der Waals surface area contributed by atoms with Crippen LogP contribution < -0.4 is 0 Å². The van der Waals surface area contributed by atoms with Gasteiger partial charge in [0.2, 0.25) is 5.79 Å². The number of carbonyl (C=O) groups is 1. The van der Waals surface area contributed by atoms with E-state index in [1.165, 1.54) is 13.8 Å². The van der Waals surface area contributed by atoms with Gasteiger partial charge in [0.05, 0.1) is 0 Å². The van der Waals surface area contributed by atoms with Gasteiger partial charge in [-0.05, 0) is 13.8 Å². The summed E-state index contributed by atoms with van der Waals surface area (Å²) in [6.07, 6.45) is 0. The van der Waals surface area contributed by atoms with E-state index in [2.05, 4.69) is 6.58 Å². The smallest absolute Gasteiger partial charge is 0.333 e. The van der Waals surface area contributed by atoms with Crippen molar-refractivity contribution in [3.63, 3.8) is 0 Å². The molecule has 1 saturated heterocycles. The molecule has 6 heteroatoms. The average molecular weight is 236 g/mol. The lowest BCUT2D eigenvalue weighted by atomic mass is 10.2. The molecule has 0 aliphatic carbocycles. The average Bonchev–Trinajstić information content (AvgIpc) is 2.20. The normalized spacial score (nSPS) is 22.5. The Morgan fingerprint density at radius 3 is 2.38 bits per heavy atom. The molecule has 1 rings (SSSR count). The van der Waals surface area contributed by atoms with Crippen LogP contribution in [0.15, 0.2) is 12.2 Å². The lowest BCUT2D eigenvalue weighted by Crippen LogP contribution is -2.50. The highest BCUT2D eigenvalue weighted by molar-refractivity contribution is 5.86. The first-order chi connectivity index (χ1) is 7.24. The number of rotatable bonds is 3. The lowest BCUT2D eigenvalue weighted by Gasteiger charge is -2.36. The third-order valence-electron chi connectivity index (χ3n) is 1.99. The Kier molecular flexibility index (Phi) is 3.64. The second-order valence-corrected chi connectivity index (χ2v) is 3.92. The molecule has 0 bridgehead atoms. The number of carbonyl (C=O) groups excluding carboxylic acids is 1. The van der Waals surface area contributed by atoms with Gasteiger partial charge in [-0.3, -0.25) is 0 Å². The maximum absolute atomic E-state index is 12.7. The quantitative estimate of drug-likeness (QED) is 0.550. The summed E-state index contributed by atoms with van der Waals surface area (Å²) in [6.45, 7) is 4.59. The van der Waals surface area contributed by atoms with Crippen LogP contribution >= 0.6 is 0 Å². The minimum Gasteiger partial charge on any atom is -0.457 e. The van der Waals surface area contributed by atoms with E-state index in [1.807, 2.05) is 0 Å². The molecule has 0 spiro atoms. The zero-order valence-electron chi connectivity index (χ0n) is 9.22. The summed E-state index contributed by atoms with van der Waals surface area (Å²) >= 11 is 0. The predicted octanol–water partition coefficient (Wildman–Crippen LogP) is 1.50. The van der Waals surface area contributed by atoms with Crippen LogP contribution in [0.1, 0.15) is 13.8 Å². The van der Waals surface area contributed by atoms with E-state index < -0.39 is 30.9 Å². The summed E-state index contributed by atoms with van der Waals surface area (Å²) in [4.78, 5) is 11.1. The van der Waals surface area contributed by atoms with Gasteiger partial charge < -0.3 is 14.2 Å². The Bertz CT molecular complexity index is 291. The molecule has 0 saturated carbocycles. The van der Waals surface area contributed by atoms with Gasteiger partial charge in [-0.1, -0.05) is 6.58 Å². The van der Waals surface area contributed by atoms with Crippen LogP contribution in [-0.4, -0.2) is 37.5 Å². The van der Waals surface area contributed by atoms with E-state index in [0.717, 1.165) is 0 Å². The molecule has 4 nitrogen and oxygen atoms in total. The predicted molar refractivity (Wildman–Crippen MR) is 51.0 cm³/mol. The van der Waals surface area contributed by atoms with Crippen LogP contribution in [0.2, 0.25) is 0 Å². The van der Waals surface area contributed by atoms with E-state index in [0.29, 0.717) is 0 Å². The van der Waals surface area contributed by atoms with Gasteiger partial charge in [-0.2, -0.15) is 0 Å². The largest absolute Gasteiger partial charge is 0.457 e. The standard InChI is InChI=1S/C10H14F2O4/c1-7(2)8(13)14-4-9(3)15-5-10(11,12)6-16-9/h1,4-6H2,2-3H3. The summed E-state index contributed by atoms with van der Waals surface area (Å²) in [7, 11) is 0. The second-order valence-electron chi connectivity index (χ2n) is 3.92. The Morgan fingerprint density at radius 2 is 1.94 bits per heavy atom. The van der Waals surface area contributed by atoms with Crippen molar-refractivity contribution < 1.29 is 27.8 Å². The van der Waals surface area contributed by atoms with E-state index in [-0.39, 0.29) is 12.2 Å². The van der Waals surface area contributed by atoms with Gasteiger partial charge in [0.1, 0.15) is 19.8 Å². The Balaban J connectivity index is 2.43. The van der Waals surface area contributed by atoms with Crippen molar-refractivity contribution in [2.75, 3.05) is 19.8 Å². The minimum absolute atomic E-state index is 0.227. The highest BCUT2D eigenvalue weighted by Gasteiger charge is 2.43. The summed E-state index contributed by atoms with van der Waals surface area (Å²) in [5.41, 5.74) is 0.227. The molecular weight excluding hydrogens is 222 g/mol. The molecule has 0 aromatic heterocycles. The van der Waals surface area contributed by atoms with Crippen LogP contribution in [0.25, 0.3) is 0 Å². The topological polar surface area (TPSA) is 44.8 Å². The molecule has 0 radical (unpaired) electrons. The van der Waals surface area contributed by atoms with Gasteiger partial charge in [0.15, 0.2) is 0 Å². The maximum Gasteiger partial charge on any atom is 0.333 e. The van der Waals surface area contributed by atoms with Crippen molar-refractivity contribution in [3.05, 3.63) is 12.2 Å². The van der Waals surface area contributed by atoms with Crippen molar-refractivity contribution in [3.8, 4) is 0 Å². The second kappa shape index (κ2) is 4.47. The van der Waals surface area contributed by atoms with Crippen molar-refractivity contribution in [1.29, 1.82) is 0 Å². The highest BCUT2D eigenvalue weighted by atomic mass is 19.3. The fourth-order valence-electron chi connectivity index (χ4n) is 1.00. The highest BCUT2D eigenvalue weighted by Crippen LogP contribution is 2.27. The summed E-state index contributed by atoms with van der Waals surface area (Å²) in [6, 6.07) is 0. The molecule has 1 aliphatic heterocycles. The van der Waals surface area contributed by atoms with Gasteiger partial charge in [-0.25, -0.2) is 13.6 Å². The van der Waals surface area contributed by atoms with Gasteiger partial charge >= 0.3 is 5.97 Å². The number of alkyl halides is 2. The first-order valence-corrected chi connectivity index (χ1v) is 4.72. The van der Waals surface area contributed by atoms with Crippen molar-refractivity contribution in [2.45, 2.75) is 25.6 Å².